The molecule has 22 nitrogen and oxygen atoms in total. The van der Waals surface area contributed by atoms with Gasteiger partial charge >= 0.3 is 0 Å². The molecule has 3 atom stereocenters. The van der Waals surface area contributed by atoms with E-state index in [-0.39, 0.29) is 86.9 Å². The molecular formula is C65H79Cl2FN20O2S3. The van der Waals surface area contributed by atoms with Crippen molar-refractivity contribution in [1.82, 2.24) is 49.8 Å². The third-order valence-corrected chi connectivity index (χ3v) is 24.1. The van der Waals surface area contributed by atoms with Crippen LogP contribution >= 0.6 is 58.5 Å². The number of aryl methyl sites for hydroxylation is 2. The van der Waals surface area contributed by atoms with Crippen LogP contribution in [0.15, 0.2) is 114 Å². The lowest BCUT2D eigenvalue weighted by Crippen LogP contribution is -2.48. The molecule has 1 saturated carbocycles. The molecule has 16 N–H and O–H groups in total. The van der Waals surface area contributed by atoms with Crippen molar-refractivity contribution in [1.29, 1.82) is 0 Å². The molecule has 9 heterocycles. The first kappa shape index (κ1) is 66.3. The highest BCUT2D eigenvalue weighted by Gasteiger charge is 2.49. The van der Waals surface area contributed by atoms with E-state index in [0.29, 0.717) is 49.5 Å². The second-order valence-corrected chi connectivity index (χ2v) is 29.2. The molecule has 0 amide bonds. The molecule has 0 bridgehead atoms. The Morgan fingerprint density at radius 2 is 1.05 bits per heavy atom. The van der Waals surface area contributed by atoms with Gasteiger partial charge in [-0.15, -0.1) is 0 Å². The Morgan fingerprint density at radius 1 is 0.548 bits per heavy atom. The first-order valence-corrected chi connectivity index (χ1v) is 34.6. The van der Waals surface area contributed by atoms with Gasteiger partial charge in [-0.25, -0.2) is 49.8 Å². The number of hydrogen-bond acceptors (Lipinski definition) is 25. The largest absolute Gasteiger partial charge is 0.390 e. The van der Waals surface area contributed by atoms with E-state index in [0.717, 1.165) is 130 Å². The number of halogens is 3. The Hall–Kier alpha value is -6.72. The number of fused-ring (bicyclic) bond motifs is 1. The monoisotopic (exact) mass is 1360 g/mol. The van der Waals surface area contributed by atoms with Gasteiger partial charge in [0.25, 0.3) is 5.95 Å². The molecule has 0 radical (unpaired) electrons. The predicted octanol–water partition coefficient (Wildman–Crippen LogP) is 9.60. The summed E-state index contributed by atoms with van der Waals surface area (Å²) in [6.45, 7) is 10.4. The number of anilines is 7. The number of hydrogen-bond donors (Lipinski definition) is 9. The topological polar surface area (TPSA) is 361 Å². The molecule has 7 aliphatic rings. The Labute approximate surface area is 563 Å². The molecule has 3 saturated heterocycles. The zero-order chi connectivity index (χ0) is 65.5. The zero-order valence-electron chi connectivity index (χ0n) is 52.3. The normalized spacial score (nSPS) is 20.9. The second-order valence-electron chi connectivity index (χ2n) is 25.4. The summed E-state index contributed by atoms with van der Waals surface area (Å²) in [5.41, 5.74) is 51.7. The van der Waals surface area contributed by atoms with Crippen LogP contribution in [0.2, 0.25) is 10.0 Å². The third-order valence-electron chi connectivity index (χ3n) is 19.9. The van der Waals surface area contributed by atoms with Gasteiger partial charge in [0, 0.05) is 85.8 Å². The number of nitrogen functional groups attached to an aromatic ring is 4. The average Bonchev–Trinajstić information content (AvgIpc) is 1.66. The van der Waals surface area contributed by atoms with E-state index in [9.17, 15) is 14.6 Å². The number of nitrogens with two attached hydrogens (primary N) is 7. The van der Waals surface area contributed by atoms with Gasteiger partial charge in [-0.05, 0) is 155 Å². The van der Waals surface area contributed by atoms with Crippen LogP contribution in [0.5, 0.6) is 0 Å². The summed E-state index contributed by atoms with van der Waals surface area (Å²) in [5, 5.41) is 23.1. The highest BCUT2D eigenvalue weighted by molar-refractivity contribution is 8.00. The summed E-state index contributed by atoms with van der Waals surface area (Å²) in [6, 6.07) is 14.1. The van der Waals surface area contributed by atoms with Crippen LogP contribution in [0.1, 0.15) is 111 Å². The lowest BCUT2D eigenvalue weighted by molar-refractivity contribution is 0.186. The minimum atomic E-state index is -0.652. The van der Waals surface area contributed by atoms with E-state index < -0.39 is 5.95 Å². The minimum Gasteiger partial charge on any atom is -0.390 e. The van der Waals surface area contributed by atoms with E-state index in [2.05, 4.69) is 83.0 Å². The molecule has 14 rings (SSSR count). The number of aliphatic hydroxyl groups is 2. The molecule has 4 fully saturated rings. The summed E-state index contributed by atoms with van der Waals surface area (Å²) in [7, 11) is 0. The Balaban J connectivity index is 0.000000134. The number of aromatic nitrogens is 10. The van der Waals surface area contributed by atoms with Crippen LogP contribution in [0.4, 0.5) is 45.2 Å². The van der Waals surface area contributed by atoms with Crippen molar-refractivity contribution in [3.63, 3.8) is 0 Å². The quantitative estimate of drug-likeness (QED) is 0.0406. The van der Waals surface area contributed by atoms with Crippen LogP contribution in [0.3, 0.4) is 0 Å². The molecule has 3 spiro atoms. The fraction of sp³-hybridized carbons (Fsp3) is 0.446. The van der Waals surface area contributed by atoms with Gasteiger partial charge in [0.15, 0.2) is 23.3 Å². The van der Waals surface area contributed by atoms with E-state index in [4.69, 9.17) is 83.3 Å². The first-order valence-electron chi connectivity index (χ1n) is 31.4. The van der Waals surface area contributed by atoms with Gasteiger partial charge in [-0.3, -0.25) is 0 Å². The van der Waals surface area contributed by atoms with Crippen LogP contribution in [0.25, 0.3) is 0 Å². The number of rotatable bonds is 12. The minimum absolute atomic E-state index is 0.0713. The molecule has 4 aliphatic carbocycles. The van der Waals surface area contributed by atoms with Gasteiger partial charge in [0.2, 0.25) is 5.95 Å². The lowest BCUT2D eigenvalue weighted by atomic mass is 9.72. The smallest absolute Gasteiger partial charge is 0.257 e. The summed E-state index contributed by atoms with van der Waals surface area (Å²) >= 11 is 16.3. The van der Waals surface area contributed by atoms with E-state index in [1.165, 1.54) is 64.8 Å². The van der Waals surface area contributed by atoms with Crippen LogP contribution < -0.4 is 54.8 Å². The number of piperidine rings is 3. The molecule has 6 aromatic heterocycles. The van der Waals surface area contributed by atoms with Crippen LogP contribution in [0, 0.1) is 42.0 Å². The summed E-state index contributed by atoms with van der Waals surface area (Å²) in [5.74, 6) is 2.64. The average molecular weight is 1360 g/mol. The van der Waals surface area contributed by atoms with E-state index >= 15 is 0 Å². The van der Waals surface area contributed by atoms with Crippen molar-refractivity contribution in [3.05, 3.63) is 134 Å². The highest BCUT2D eigenvalue weighted by Crippen LogP contribution is 2.54. The van der Waals surface area contributed by atoms with E-state index in [1.807, 2.05) is 18.7 Å². The van der Waals surface area contributed by atoms with Gasteiger partial charge in [0.05, 0.1) is 34.6 Å². The molecule has 28 heteroatoms. The summed E-state index contributed by atoms with van der Waals surface area (Å²) in [4.78, 5) is 51.3. The fourth-order valence-electron chi connectivity index (χ4n) is 14.1. The van der Waals surface area contributed by atoms with Crippen molar-refractivity contribution < 1.29 is 14.6 Å². The van der Waals surface area contributed by atoms with Gasteiger partial charge in [-0.1, -0.05) is 94.3 Å². The molecule has 1 aromatic carbocycles. The van der Waals surface area contributed by atoms with Crippen molar-refractivity contribution >= 4 is 99.3 Å². The number of pyridine rings is 2. The summed E-state index contributed by atoms with van der Waals surface area (Å²) in [6.07, 6.45) is 20.9. The van der Waals surface area contributed by atoms with Gasteiger partial charge in [-0.2, -0.15) is 4.39 Å². The number of aliphatic hydroxyl groups excluding tert-OH is 2. The van der Waals surface area contributed by atoms with Crippen molar-refractivity contribution in [2.75, 3.05) is 76.9 Å². The number of benzene rings is 1. The van der Waals surface area contributed by atoms with Gasteiger partial charge in [0.1, 0.15) is 43.1 Å². The van der Waals surface area contributed by atoms with Crippen molar-refractivity contribution in [2.24, 2.45) is 39.4 Å². The lowest BCUT2D eigenvalue weighted by Gasteiger charge is -2.43. The van der Waals surface area contributed by atoms with E-state index in [1.54, 1.807) is 30.6 Å². The summed E-state index contributed by atoms with van der Waals surface area (Å²) < 4.78 is 14.8. The van der Waals surface area contributed by atoms with Gasteiger partial charge < -0.3 is 65.0 Å². The Bertz CT molecular complexity index is 3990. The molecule has 7 aromatic rings. The van der Waals surface area contributed by atoms with Crippen molar-refractivity contribution in [2.45, 2.75) is 153 Å². The van der Waals surface area contributed by atoms with Crippen LogP contribution in [-0.4, -0.2) is 111 Å². The molecule has 93 heavy (non-hydrogen) atoms. The standard InChI is InChI=1S/C23H29ClN6OS.C23H27N7OS.C19H23ClFN7S/c1-13-22(32-17-5-9-27-20(26)18(17)24)29-16(12-31)21(28-13)30-10-7-23(8-11-30)6-4-15(19(23)25)14-2-3-14;1-14-21(32-18-6-9-26-22(25)29-18)28-17(13-31)20(27-14)30-10-7-23(8-11-30)12-15-4-2-3-5-16(15)19(23)24;1-10-2-4-19(13(10)22)5-8-28(9-6-19)17-14(21)26-18(16(24)27-17)29-11-3-7-25-15(23)12(11)20/h4-5,9,14,19,31H,2-3,6-8,10-12,25H2,1H3,(H2,26,27);2-6,9,19,31H,7-8,10-13,24H2,1H3,(H2,25,26,29);2-3,7,13H,4-6,8-9,22H2,1H3,(H2,23,25)(H2,24,27)/t2*19-;13-/m111/s1. The molecular weight excluding hydrogens is 1280 g/mol. The first-order chi connectivity index (χ1) is 44.7. The van der Waals surface area contributed by atoms with Crippen LogP contribution in [-0.2, 0) is 19.6 Å². The number of allylic oxidation sites excluding steroid dienone is 2. The highest BCUT2D eigenvalue weighted by atomic mass is 35.5. The second kappa shape index (κ2) is 27.6. The number of nitrogens with zero attached hydrogens (tertiary/aromatic N) is 13. The maximum absolute atomic E-state index is 14.8. The Morgan fingerprint density at radius 3 is 1.58 bits per heavy atom. The van der Waals surface area contributed by atoms with Crippen molar-refractivity contribution in [3.8, 4) is 0 Å². The maximum atomic E-state index is 14.8. The SMILES string of the molecule is CC1=CCC2(CCN(c3nc(N)c(Sc4ccnc(N)c4Cl)nc3F)CC2)[C@@H]1N.Cc1nc(N2CCC3(CC2)Cc2ccccc2[C@H]3N)c(CO)nc1Sc1ccnc(N)n1.Cc1nc(N2CCC3(CC=C(C4CC4)[C@H]3N)CC2)c(CO)nc1Sc1ccnc(N)c1Cl. The maximum Gasteiger partial charge on any atom is 0.257 e. The Kier molecular flexibility index (Phi) is 19.6. The third kappa shape index (κ3) is 13.6. The molecule has 0 unspecified atom stereocenters. The molecule has 490 valence electrons. The predicted molar refractivity (Wildman–Crippen MR) is 366 cm³/mol. The zero-order valence-corrected chi connectivity index (χ0v) is 56.2. The fourth-order valence-corrected chi connectivity index (χ4v) is 17.1. The molecule has 3 aliphatic heterocycles.